The molecule has 1 saturated heterocycles. The van der Waals surface area contributed by atoms with Gasteiger partial charge in [-0.3, -0.25) is 4.90 Å². The number of nitrogens with zero attached hydrogens (tertiary/aromatic N) is 3. The summed E-state index contributed by atoms with van der Waals surface area (Å²) in [5.41, 5.74) is 1.71. The predicted molar refractivity (Wildman–Crippen MR) is 82.0 cm³/mol. The normalized spacial score (nSPS) is 17.4. The van der Waals surface area contributed by atoms with Crippen LogP contribution in [0.15, 0.2) is 23.1 Å². The molecule has 1 aromatic carbocycles. The van der Waals surface area contributed by atoms with Crippen LogP contribution in [0.3, 0.4) is 0 Å². The van der Waals surface area contributed by atoms with E-state index in [1.165, 1.54) is 6.26 Å². The molecule has 1 fully saturated rings. The summed E-state index contributed by atoms with van der Waals surface area (Å²) < 4.78 is 25.3. The number of nitrogens with one attached hydrogen (secondary N) is 1. The first kappa shape index (κ1) is 14.5. The van der Waals surface area contributed by atoms with E-state index in [0.717, 1.165) is 49.6 Å². The summed E-state index contributed by atoms with van der Waals surface area (Å²) in [6.07, 6.45) is 1.22. The second-order valence-electron chi connectivity index (χ2n) is 5.54. The van der Waals surface area contributed by atoms with Crippen LogP contribution in [0.2, 0.25) is 0 Å². The fourth-order valence-electron chi connectivity index (χ4n) is 2.67. The van der Waals surface area contributed by atoms with Crippen molar-refractivity contribution < 1.29 is 8.42 Å². The molecule has 1 N–H and O–H groups in total. The monoisotopic (exact) mass is 308 g/mol. The van der Waals surface area contributed by atoms with Crippen molar-refractivity contribution in [3.63, 3.8) is 0 Å². The number of imidazole rings is 1. The van der Waals surface area contributed by atoms with Crippen LogP contribution in [0.1, 0.15) is 5.82 Å². The summed E-state index contributed by atoms with van der Waals surface area (Å²) in [4.78, 5) is 7.29. The zero-order chi connectivity index (χ0) is 15.0. The third kappa shape index (κ3) is 2.95. The van der Waals surface area contributed by atoms with Gasteiger partial charge in [0.2, 0.25) is 0 Å². The molecule has 0 bridgehead atoms. The van der Waals surface area contributed by atoms with E-state index < -0.39 is 9.84 Å². The van der Waals surface area contributed by atoms with Crippen molar-refractivity contribution >= 4 is 20.9 Å². The van der Waals surface area contributed by atoms with Crippen LogP contribution in [0, 0.1) is 0 Å². The molecule has 21 heavy (non-hydrogen) atoms. The van der Waals surface area contributed by atoms with Gasteiger partial charge in [-0.1, -0.05) is 0 Å². The summed E-state index contributed by atoms with van der Waals surface area (Å²) in [5, 5.41) is 3.33. The Morgan fingerprint density at radius 1 is 1.29 bits per heavy atom. The number of piperazine rings is 1. The first-order chi connectivity index (χ1) is 9.95. The molecule has 0 saturated carbocycles. The average Bonchev–Trinajstić information content (AvgIpc) is 2.75. The maximum Gasteiger partial charge on any atom is 0.175 e. The lowest BCUT2D eigenvalue weighted by atomic mass is 10.3. The highest BCUT2D eigenvalue weighted by Gasteiger charge is 2.16. The number of benzene rings is 1. The predicted octanol–water partition coefficient (Wildman–Crippen LogP) is 0.382. The summed E-state index contributed by atoms with van der Waals surface area (Å²) in [6, 6.07) is 5.14. The highest BCUT2D eigenvalue weighted by Crippen LogP contribution is 2.20. The molecule has 0 atom stereocenters. The molecule has 0 unspecified atom stereocenters. The van der Waals surface area contributed by atoms with E-state index in [4.69, 9.17) is 0 Å². The molecule has 0 amide bonds. The zero-order valence-corrected chi connectivity index (χ0v) is 13.2. The van der Waals surface area contributed by atoms with Crippen molar-refractivity contribution in [3.8, 4) is 0 Å². The Morgan fingerprint density at radius 3 is 2.67 bits per heavy atom. The van der Waals surface area contributed by atoms with Crippen LogP contribution in [0.4, 0.5) is 0 Å². The number of fused-ring (bicyclic) bond motifs is 1. The van der Waals surface area contributed by atoms with Gasteiger partial charge in [-0.25, -0.2) is 13.4 Å². The van der Waals surface area contributed by atoms with Gasteiger partial charge in [-0.2, -0.15) is 0 Å². The van der Waals surface area contributed by atoms with E-state index in [1.807, 2.05) is 17.7 Å². The van der Waals surface area contributed by atoms with E-state index in [0.29, 0.717) is 4.90 Å². The number of aryl methyl sites for hydroxylation is 1. The molecule has 7 heteroatoms. The molecule has 2 heterocycles. The van der Waals surface area contributed by atoms with Crippen molar-refractivity contribution in [2.75, 3.05) is 32.4 Å². The minimum Gasteiger partial charge on any atom is -0.330 e. The summed E-state index contributed by atoms with van der Waals surface area (Å²) in [7, 11) is -1.21. The highest BCUT2D eigenvalue weighted by atomic mass is 32.2. The van der Waals surface area contributed by atoms with Gasteiger partial charge >= 0.3 is 0 Å². The maximum atomic E-state index is 11.6. The van der Waals surface area contributed by atoms with Crippen molar-refractivity contribution in [1.29, 1.82) is 0 Å². The average molecular weight is 308 g/mol. The molecular formula is C14H20N4O2S. The number of sulfone groups is 1. The molecular weight excluding hydrogens is 288 g/mol. The van der Waals surface area contributed by atoms with Crippen LogP contribution >= 0.6 is 0 Å². The maximum absolute atomic E-state index is 11.6. The van der Waals surface area contributed by atoms with Crippen LogP contribution in [0.25, 0.3) is 11.0 Å². The van der Waals surface area contributed by atoms with Crippen LogP contribution < -0.4 is 5.32 Å². The topological polar surface area (TPSA) is 67.2 Å². The van der Waals surface area contributed by atoms with Gasteiger partial charge in [-0.05, 0) is 18.2 Å². The Balaban J connectivity index is 1.95. The van der Waals surface area contributed by atoms with Gasteiger partial charge in [0.15, 0.2) is 9.84 Å². The van der Waals surface area contributed by atoms with E-state index in [9.17, 15) is 8.42 Å². The molecule has 114 valence electrons. The largest absolute Gasteiger partial charge is 0.330 e. The van der Waals surface area contributed by atoms with Crippen LogP contribution in [-0.2, 0) is 23.4 Å². The van der Waals surface area contributed by atoms with Gasteiger partial charge in [0, 0.05) is 39.5 Å². The highest BCUT2D eigenvalue weighted by molar-refractivity contribution is 7.90. The van der Waals surface area contributed by atoms with E-state index >= 15 is 0 Å². The van der Waals surface area contributed by atoms with Crippen molar-refractivity contribution in [2.24, 2.45) is 7.05 Å². The number of hydrogen-bond donors (Lipinski definition) is 1. The Labute approximate surface area is 124 Å². The Bertz CT molecular complexity index is 761. The van der Waals surface area contributed by atoms with E-state index in [1.54, 1.807) is 12.1 Å². The summed E-state index contributed by atoms with van der Waals surface area (Å²) in [5.74, 6) is 0.970. The van der Waals surface area contributed by atoms with Crippen molar-refractivity contribution in [1.82, 2.24) is 19.8 Å². The standard InChI is InChI=1S/C14H20N4O2S/c1-17-13-4-3-11(21(2,19)20)9-12(13)16-14(17)10-18-7-5-15-6-8-18/h3-4,9,15H,5-8,10H2,1-2H3. The lowest BCUT2D eigenvalue weighted by Crippen LogP contribution is -2.43. The van der Waals surface area contributed by atoms with Crippen molar-refractivity contribution in [2.45, 2.75) is 11.4 Å². The first-order valence-electron chi connectivity index (χ1n) is 7.03. The van der Waals surface area contributed by atoms with Crippen molar-refractivity contribution in [3.05, 3.63) is 24.0 Å². The number of hydrogen-bond acceptors (Lipinski definition) is 5. The third-order valence-electron chi connectivity index (χ3n) is 3.95. The van der Waals surface area contributed by atoms with Gasteiger partial charge < -0.3 is 9.88 Å². The molecule has 0 radical (unpaired) electrons. The minimum absolute atomic E-state index is 0.321. The smallest absolute Gasteiger partial charge is 0.175 e. The molecule has 1 aliphatic heterocycles. The Hall–Kier alpha value is -1.44. The molecule has 6 nitrogen and oxygen atoms in total. The summed E-state index contributed by atoms with van der Waals surface area (Å²) >= 11 is 0. The first-order valence-corrected chi connectivity index (χ1v) is 8.93. The lowest BCUT2D eigenvalue weighted by Gasteiger charge is -2.26. The SMILES string of the molecule is Cn1c(CN2CCNCC2)nc2cc(S(C)(=O)=O)ccc21. The zero-order valence-electron chi connectivity index (χ0n) is 12.3. The Morgan fingerprint density at radius 2 is 2.00 bits per heavy atom. The molecule has 1 aliphatic rings. The molecule has 0 spiro atoms. The summed E-state index contributed by atoms with van der Waals surface area (Å²) in [6.45, 7) is 4.82. The minimum atomic E-state index is -3.19. The van der Waals surface area contributed by atoms with Gasteiger partial charge in [0.1, 0.15) is 5.82 Å². The van der Waals surface area contributed by atoms with E-state index in [2.05, 4.69) is 15.2 Å². The van der Waals surface area contributed by atoms with E-state index in [-0.39, 0.29) is 0 Å². The van der Waals surface area contributed by atoms with Gasteiger partial charge in [0.05, 0.1) is 22.5 Å². The molecule has 3 rings (SSSR count). The Kier molecular flexibility index (Phi) is 3.73. The number of rotatable bonds is 3. The lowest BCUT2D eigenvalue weighted by molar-refractivity contribution is 0.226. The second-order valence-corrected chi connectivity index (χ2v) is 7.55. The van der Waals surface area contributed by atoms with Crippen LogP contribution in [0.5, 0.6) is 0 Å². The van der Waals surface area contributed by atoms with Gasteiger partial charge in [-0.15, -0.1) is 0 Å². The molecule has 0 aliphatic carbocycles. The van der Waals surface area contributed by atoms with Gasteiger partial charge in [0.25, 0.3) is 0 Å². The molecule has 2 aromatic rings. The second kappa shape index (κ2) is 5.40. The fourth-order valence-corrected chi connectivity index (χ4v) is 3.31. The quantitative estimate of drug-likeness (QED) is 0.888. The van der Waals surface area contributed by atoms with Crippen LogP contribution in [-0.4, -0.2) is 55.3 Å². The fraction of sp³-hybridized carbons (Fsp3) is 0.500. The third-order valence-corrected chi connectivity index (χ3v) is 5.06. The molecule has 1 aromatic heterocycles. The number of aromatic nitrogens is 2.